The van der Waals surface area contributed by atoms with Crippen LogP contribution in [0.3, 0.4) is 0 Å². The van der Waals surface area contributed by atoms with Crippen LogP contribution in [0.1, 0.15) is 32.6 Å². The lowest BCUT2D eigenvalue weighted by atomic mass is 10.1. The minimum Gasteiger partial charge on any atom is -0.400 e. The molecule has 0 amide bonds. The van der Waals surface area contributed by atoms with E-state index in [0.717, 1.165) is 18.7 Å². The summed E-state index contributed by atoms with van der Waals surface area (Å²) in [5.41, 5.74) is 0.624. The molecule has 0 aliphatic heterocycles. The van der Waals surface area contributed by atoms with E-state index in [-0.39, 0.29) is 0 Å². The fourth-order valence-corrected chi connectivity index (χ4v) is 3.84. The van der Waals surface area contributed by atoms with Crippen molar-refractivity contribution in [2.24, 2.45) is 0 Å². The van der Waals surface area contributed by atoms with E-state index in [1.807, 2.05) is 0 Å². The fourth-order valence-electron chi connectivity index (χ4n) is 1.61. The molecule has 0 heterocycles. The Morgan fingerprint density at radius 2 is 1.85 bits per heavy atom. The Bertz CT molecular complexity index is 110. The van der Waals surface area contributed by atoms with Crippen LogP contribution in [0.25, 0.3) is 0 Å². The second-order valence-electron chi connectivity index (χ2n) is 3.22. The minimum atomic E-state index is -1.41. The number of hydrogen-bond donors (Lipinski definition) is 0. The SMILES string of the molecule is CCCC(CCCCl)[SiH](OC)OC. The molecule has 0 radical (unpaired) electrons. The number of hydrogen-bond acceptors (Lipinski definition) is 2. The molecular weight excluding hydrogens is 204 g/mol. The monoisotopic (exact) mass is 224 g/mol. The van der Waals surface area contributed by atoms with Crippen molar-refractivity contribution in [2.45, 2.75) is 38.1 Å². The largest absolute Gasteiger partial charge is 0.400 e. The van der Waals surface area contributed by atoms with Crippen LogP contribution in [0, 0.1) is 0 Å². The maximum Gasteiger partial charge on any atom is 0.324 e. The van der Waals surface area contributed by atoms with E-state index in [1.54, 1.807) is 14.2 Å². The molecule has 0 saturated carbocycles. The van der Waals surface area contributed by atoms with Crippen molar-refractivity contribution < 1.29 is 8.85 Å². The summed E-state index contributed by atoms with van der Waals surface area (Å²) in [5.74, 6) is 0.745. The van der Waals surface area contributed by atoms with Crippen molar-refractivity contribution in [1.29, 1.82) is 0 Å². The molecule has 80 valence electrons. The highest BCUT2D eigenvalue weighted by atomic mass is 35.5. The molecule has 0 aromatic rings. The third kappa shape index (κ3) is 5.68. The second-order valence-corrected chi connectivity index (χ2v) is 6.22. The average Bonchev–Trinajstić information content (AvgIpc) is 2.16. The van der Waals surface area contributed by atoms with Gasteiger partial charge < -0.3 is 8.85 Å². The summed E-state index contributed by atoms with van der Waals surface area (Å²) < 4.78 is 10.8. The molecule has 0 aromatic carbocycles. The van der Waals surface area contributed by atoms with Crippen LogP contribution in [-0.4, -0.2) is 29.4 Å². The van der Waals surface area contributed by atoms with Gasteiger partial charge in [0.05, 0.1) is 0 Å². The highest BCUT2D eigenvalue weighted by Crippen LogP contribution is 2.24. The van der Waals surface area contributed by atoms with Gasteiger partial charge in [0.25, 0.3) is 0 Å². The third-order valence-electron chi connectivity index (χ3n) is 2.22. The lowest BCUT2D eigenvalue weighted by molar-refractivity contribution is 0.259. The molecule has 1 atom stereocenters. The van der Waals surface area contributed by atoms with Gasteiger partial charge in [-0.2, -0.15) is 0 Å². The molecule has 1 unspecified atom stereocenters. The third-order valence-corrected chi connectivity index (χ3v) is 4.85. The highest BCUT2D eigenvalue weighted by molar-refractivity contribution is 6.46. The molecule has 0 N–H and O–H groups in total. The standard InChI is InChI=1S/C9H21ClO2Si/c1-4-6-9(7-5-8-10)13(11-2)12-3/h9,13H,4-8H2,1-3H3. The fraction of sp³-hybridized carbons (Fsp3) is 1.00. The smallest absolute Gasteiger partial charge is 0.324 e. The van der Waals surface area contributed by atoms with E-state index in [0.29, 0.717) is 5.54 Å². The number of halogens is 1. The van der Waals surface area contributed by atoms with Crippen LogP contribution < -0.4 is 0 Å². The van der Waals surface area contributed by atoms with Crippen LogP contribution >= 0.6 is 11.6 Å². The van der Waals surface area contributed by atoms with Crippen LogP contribution in [0.4, 0.5) is 0 Å². The van der Waals surface area contributed by atoms with E-state index in [4.69, 9.17) is 20.5 Å². The first-order valence-electron chi connectivity index (χ1n) is 4.91. The maximum atomic E-state index is 5.67. The zero-order valence-electron chi connectivity index (χ0n) is 8.88. The van der Waals surface area contributed by atoms with Crippen molar-refractivity contribution >= 4 is 20.9 Å². The van der Waals surface area contributed by atoms with Crippen molar-refractivity contribution in [3.05, 3.63) is 0 Å². The Labute approximate surface area is 88.4 Å². The topological polar surface area (TPSA) is 18.5 Å². The second kappa shape index (κ2) is 9.00. The van der Waals surface area contributed by atoms with E-state index in [9.17, 15) is 0 Å². The zero-order valence-corrected chi connectivity index (χ0v) is 10.8. The van der Waals surface area contributed by atoms with Crippen LogP contribution in [0.15, 0.2) is 0 Å². The van der Waals surface area contributed by atoms with Gasteiger partial charge in [0, 0.05) is 20.1 Å². The summed E-state index contributed by atoms with van der Waals surface area (Å²) in [6, 6.07) is 0. The molecule has 0 fully saturated rings. The van der Waals surface area contributed by atoms with E-state index in [1.165, 1.54) is 12.8 Å². The van der Waals surface area contributed by atoms with Crippen molar-refractivity contribution in [2.75, 3.05) is 20.1 Å². The van der Waals surface area contributed by atoms with Gasteiger partial charge in [-0.25, -0.2) is 0 Å². The Balaban J connectivity index is 3.88. The summed E-state index contributed by atoms with van der Waals surface area (Å²) in [6.07, 6.45) is 4.62. The van der Waals surface area contributed by atoms with Crippen molar-refractivity contribution in [3.8, 4) is 0 Å². The molecular formula is C9H21ClO2Si. The van der Waals surface area contributed by atoms with Gasteiger partial charge >= 0.3 is 9.28 Å². The molecule has 0 bridgehead atoms. The molecule has 0 spiro atoms. The highest BCUT2D eigenvalue weighted by Gasteiger charge is 2.22. The Morgan fingerprint density at radius 1 is 1.23 bits per heavy atom. The summed E-state index contributed by atoms with van der Waals surface area (Å²) in [4.78, 5) is 0. The van der Waals surface area contributed by atoms with Gasteiger partial charge in [-0.15, -0.1) is 11.6 Å². The molecule has 0 saturated heterocycles. The maximum absolute atomic E-state index is 5.67. The van der Waals surface area contributed by atoms with Crippen LogP contribution in [0.5, 0.6) is 0 Å². The summed E-state index contributed by atoms with van der Waals surface area (Å²) in [6.45, 7) is 2.20. The summed E-state index contributed by atoms with van der Waals surface area (Å²) in [7, 11) is 2.09. The van der Waals surface area contributed by atoms with Gasteiger partial charge in [0.1, 0.15) is 0 Å². The molecule has 13 heavy (non-hydrogen) atoms. The molecule has 0 rings (SSSR count). The molecule has 0 aliphatic carbocycles. The quantitative estimate of drug-likeness (QED) is 0.466. The molecule has 2 nitrogen and oxygen atoms in total. The van der Waals surface area contributed by atoms with Crippen molar-refractivity contribution in [1.82, 2.24) is 0 Å². The Hall–Kier alpha value is 0.427. The first kappa shape index (κ1) is 13.4. The van der Waals surface area contributed by atoms with Gasteiger partial charge in [-0.05, 0) is 24.8 Å². The normalized spacial score (nSPS) is 13.6. The molecule has 0 aliphatic rings. The zero-order chi connectivity index (χ0) is 10.1. The first-order valence-corrected chi connectivity index (χ1v) is 7.06. The van der Waals surface area contributed by atoms with Crippen molar-refractivity contribution in [3.63, 3.8) is 0 Å². The predicted octanol–water partition coefficient (Wildman–Crippen LogP) is 2.69. The summed E-state index contributed by atoms with van der Waals surface area (Å²) in [5, 5.41) is 0. The number of rotatable bonds is 8. The predicted molar refractivity (Wildman–Crippen MR) is 59.8 cm³/mol. The van der Waals surface area contributed by atoms with E-state index in [2.05, 4.69) is 6.92 Å². The van der Waals surface area contributed by atoms with Gasteiger partial charge in [-0.3, -0.25) is 0 Å². The first-order chi connectivity index (χ1) is 6.29. The minimum absolute atomic E-state index is 0.624. The van der Waals surface area contributed by atoms with Gasteiger partial charge in [0.15, 0.2) is 0 Å². The molecule has 4 heteroatoms. The summed E-state index contributed by atoms with van der Waals surface area (Å²) >= 11 is 5.67. The van der Waals surface area contributed by atoms with E-state index >= 15 is 0 Å². The van der Waals surface area contributed by atoms with Gasteiger partial charge in [-0.1, -0.05) is 13.3 Å². The number of alkyl halides is 1. The van der Waals surface area contributed by atoms with Gasteiger partial charge in [0.2, 0.25) is 0 Å². The Morgan fingerprint density at radius 3 is 2.23 bits per heavy atom. The average molecular weight is 225 g/mol. The van der Waals surface area contributed by atoms with Crippen LogP contribution in [-0.2, 0) is 8.85 Å². The Kier molecular flexibility index (Phi) is 9.30. The van der Waals surface area contributed by atoms with Crippen LogP contribution in [0.2, 0.25) is 5.54 Å². The molecule has 0 aromatic heterocycles. The lowest BCUT2D eigenvalue weighted by Gasteiger charge is -2.21. The van der Waals surface area contributed by atoms with E-state index < -0.39 is 9.28 Å². The lowest BCUT2D eigenvalue weighted by Crippen LogP contribution is -2.26.